The highest BCUT2D eigenvalue weighted by atomic mass is 16.3. The molecule has 1 fully saturated rings. The van der Waals surface area contributed by atoms with Crippen LogP contribution in [-0.2, 0) is 9.59 Å². The minimum Gasteiger partial charge on any atom is -0.461 e. The summed E-state index contributed by atoms with van der Waals surface area (Å²) in [5, 5.41) is 2.86. The van der Waals surface area contributed by atoms with Gasteiger partial charge in [0.1, 0.15) is 11.5 Å². The number of amides is 2. The average molecular weight is 366 g/mol. The van der Waals surface area contributed by atoms with E-state index in [9.17, 15) is 9.59 Å². The Hall–Kier alpha value is -2.82. The quantitative estimate of drug-likeness (QED) is 0.782. The van der Waals surface area contributed by atoms with E-state index in [-0.39, 0.29) is 18.4 Å². The molecule has 1 aromatic carbocycles. The van der Waals surface area contributed by atoms with Crippen LogP contribution in [0.3, 0.4) is 0 Å². The van der Waals surface area contributed by atoms with Crippen molar-refractivity contribution in [3.05, 3.63) is 59.1 Å². The summed E-state index contributed by atoms with van der Waals surface area (Å²) < 4.78 is 5.76. The summed E-state index contributed by atoms with van der Waals surface area (Å²) in [6.07, 6.45) is 4.25. The van der Waals surface area contributed by atoms with Crippen molar-refractivity contribution >= 4 is 23.6 Å². The summed E-state index contributed by atoms with van der Waals surface area (Å²) in [5.74, 6) is 2.36. The summed E-state index contributed by atoms with van der Waals surface area (Å²) in [7, 11) is 1.61. The van der Waals surface area contributed by atoms with Crippen molar-refractivity contribution in [1.82, 2.24) is 4.90 Å². The summed E-state index contributed by atoms with van der Waals surface area (Å²) in [6.45, 7) is 6.14. The molecule has 27 heavy (non-hydrogen) atoms. The first-order chi connectivity index (χ1) is 12.8. The smallest absolute Gasteiger partial charge is 0.246 e. The summed E-state index contributed by atoms with van der Waals surface area (Å²) in [4.78, 5) is 25.9. The van der Waals surface area contributed by atoms with Crippen LogP contribution in [0.4, 0.5) is 5.69 Å². The van der Waals surface area contributed by atoms with Crippen LogP contribution >= 0.6 is 0 Å². The van der Waals surface area contributed by atoms with Crippen LogP contribution in [0.5, 0.6) is 0 Å². The molecule has 1 heterocycles. The molecule has 142 valence electrons. The SMILES string of the molecule is Cc1cccc(NC(=O)CN(C)C(=O)/C=C/c2ccc(C3CC3C)o2)c1C. The van der Waals surface area contributed by atoms with Gasteiger partial charge in [-0.15, -0.1) is 0 Å². The molecule has 3 rings (SSSR count). The zero-order chi connectivity index (χ0) is 19.6. The summed E-state index contributed by atoms with van der Waals surface area (Å²) >= 11 is 0. The predicted octanol–water partition coefficient (Wildman–Crippen LogP) is 4.13. The Morgan fingerprint density at radius 1 is 1.26 bits per heavy atom. The molecule has 1 saturated carbocycles. The van der Waals surface area contributed by atoms with Crippen LogP contribution in [0.1, 0.15) is 41.9 Å². The first-order valence-corrected chi connectivity index (χ1v) is 9.24. The van der Waals surface area contributed by atoms with Crippen molar-refractivity contribution < 1.29 is 14.0 Å². The number of carbonyl (C=O) groups is 2. The van der Waals surface area contributed by atoms with Crippen LogP contribution in [-0.4, -0.2) is 30.3 Å². The van der Waals surface area contributed by atoms with E-state index in [1.165, 1.54) is 11.0 Å². The molecule has 2 aromatic rings. The molecular weight excluding hydrogens is 340 g/mol. The van der Waals surface area contributed by atoms with Crippen molar-refractivity contribution in [2.75, 3.05) is 18.9 Å². The number of likely N-dealkylation sites (N-methyl/N-ethyl adjacent to an activating group) is 1. The maximum Gasteiger partial charge on any atom is 0.246 e. The topological polar surface area (TPSA) is 62.6 Å². The number of rotatable bonds is 6. The first kappa shape index (κ1) is 19.0. The van der Waals surface area contributed by atoms with Gasteiger partial charge in [-0.3, -0.25) is 9.59 Å². The van der Waals surface area contributed by atoms with Gasteiger partial charge >= 0.3 is 0 Å². The molecule has 0 bridgehead atoms. The highest BCUT2D eigenvalue weighted by Crippen LogP contribution is 2.47. The predicted molar refractivity (Wildman–Crippen MR) is 106 cm³/mol. The van der Waals surface area contributed by atoms with Crippen molar-refractivity contribution in [1.29, 1.82) is 0 Å². The molecule has 2 atom stereocenters. The standard InChI is InChI=1S/C22H26N2O3/c1-14-6-5-7-19(16(14)3)23-21(25)13-24(4)22(26)11-9-17-8-10-20(27-17)18-12-15(18)2/h5-11,15,18H,12-13H2,1-4H3,(H,23,25)/b11-9+. The molecule has 5 heteroatoms. The highest BCUT2D eigenvalue weighted by molar-refractivity contribution is 5.98. The van der Waals surface area contributed by atoms with E-state index in [4.69, 9.17) is 4.42 Å². The Morgan fingerprint density at radius 2 is 2.00 bits per heavy atom. The number of nitrogens with zero attached hydrogens (tertiary/aromatic N) is 1. The van der Waals surface area contributed by atoms with Gasteiger partial charge in [-0.05, 0) is 61.6 Å². The number of nitrogens with one attached hydrogen (secondary N) is 1. The maximum absolute atomic E-state index is 12.2. The summed E-state index contributed by atoms with van der Waals surface area (Å²) in [5.41, 5.74) is 2.91. The Bertz CT molecular complexity index is 881. The van der Waals surface area contributed by atoms with Crippen LogP contribution < -0.4 is 5.32 Å². The van der Waals surface area contributed by atoms with Gasteiger partial charge in [0.05, 0.1) is 6.54 Å². The second kappa shape index (κ2) is 7.82. The lowest BCUT2D eigenvalue weighted by Gasteiger charge is -2.16. The third-order valence-corrected chi connectivity index (χ3v) is 5.15. The first-order valence-electron chi connectivity index (χ1n) is 9.24. The molecule has 0 aliphatic heterocycles. The molecular formula is C22H26N2O3. The van der Waals surface area contributed by atoms with Gasteiger partial charge in [-0.1, -0.05) is 19.1 Å². The number of anilines is 1. The van der Waals surface area contributed by atoms with E-state index < -0.39 is 0 Å². The molecule has 1 aliphatic rings. The van der Waals surface area contributed by atoms with Crippen LogP contribution in [0.15, 0.2) is 40.8 Å². The molecule has 0 spiro atoms. The third-order valence-electron chi connectivity index (χ3n) is 5.15. The molecule has 1 aromatic heterocycles. The molecule has 0 radical (unpaired) electrons. The molecule has 1 N–H and O–H groups in total. The van der Waals surface area contributed by atoms with Crippen molar-refractivity contribution in [2.45, 2.75) is 33.1 Å². The fourth-order valence-corrected chi connectivity index (χ4v) is 3.03. The van der Waals surface area contributed by atoms with Crippen molar-refractivity contribution in [3.63, 3.8) is 0 Å². The zero-order valence-corrected chi connectivity index (χ0v) is 16.3. The highest BCUT2D eigenvalue weighted by Gasteiger charge is 2.36. The van der Waals surface area contributed by atoms with Crippen molar-refractivity contribution in [2.24, 2.45) is 5.92 Å². The minimum absolute atomic E-state index is 0.0143. The molecule has 5 nitrogen and oxygen atoms in total. The lowest BCUT2D eigenvalue weighted by molar-refractivity contribution is -0.129. The van der Waals surface area contributed by atoms with E-state index in [1.54, 1.807) is 13.1 Å². The van der Waals surface area contributed by atoms with Crippen LogP contribution in [0.25, 0.3) is 6.08 Å². The van der Waals surface area contributed by atoms with E-state index in [0.29, 0.717) is 17.6 Å². The van der Waals surface area contributed by atoms with Gasteiger partial charge in [-0.2, -0.15) is 0 Å². The fraction of sp³-hybridized carbons (Fsp3) is 0.364. The lowest BCUT2D eigenvalue weighted by Crippen LogP contribution is -2.34. The Kier molecular flexibility index (Phi) is 5.49. The number of furan rings is 1. The largest absolute Gasteiger partial charge is 0.461 e. The molecule has 2 amide bonds. The average Bonchev–Trinajstić information content (AvgIpc) is 3.17. The maximum atomic E-state index is 12.2. The second-order valence-electron chi connectivity index (χ2n) is 7.38. The van der Waals surface area contributed by atoms with E-state index >= 15 is 0 Å². The van der Waals surface area contributed by atoms with Gasteiger partial charge in [-0.25, -0.2) is 0 Å². The van der Waals surface area contributed by atoms with Gasteiger partial charge < -0.3 is 14.6 Å². The van der Waals surface area contributed by atoms with Gasteiger partial charge in [0, 0.05) is 24.7 Å². The Labute approximate surface area is 160 Å². The number of hydrogen-bond donors (Lipinski definition) is 1. The van der Waals surface area contributed by atoms with Gasteiger partial charge in [0.25, 0.3) is 0 Å². The van der Waals surface area contributed by atoms with Crippen LogP contribution in [0.2, 0.25) is 0 Å². The van der Waals surface area contributed by atoms with E-state index in [2.05, 4.69) is 12.2 Å². The zero-order valence-electron chi connectivity index (χ0n) is 16.3. The normalized spacial score (nSPS) is 18.5. The molecule has 2 unspecified atom stereocenters. The van der Waals surface area contributed by atoms with Gasteiger partial charge in [0.2, 0.25) is 11.8 Å². The van der Waals surface area contributed by atoms with Crippen LogP contribution in [0, 0.1) is 19.8 Å². The van der Waals surface area contributed by atoms with E-state index in [1.807, 2.05) is 44.2 Å². The Morgan fingerprint density at radius 3 is 2.70 bits per heavy atom. The number of carbonyl (C=O) groups excluding carboxylic acids is 2. The van der Waals surface area contributed by atoms with Gasteiger partial charge in [0.15, 0.2) is 0 Å². The number of aryl methyl sites for hydroxylation is 1. The molecule has 0 saturated heterocycles. The lowest BCUT2D eigenvalue weighted by atomic mass is 10.1. The second-order valence-corrected chi connectivity index (χ2v) is 7.38. The monoisotopic (exact) mass is 366 g/mol. The fourth-order valence-electron chi connectivity index (χ4n) is 3.03. The number of hydrogen-bond acceptors (Lipinski definition) is 3. The minimum atomic E-state index is -0.246. The van der Waals surface area contributed by atoms with E-state index in [0.717, 1.165) is 29.0 Å². The summed E-state index contributed by atoms with van der Waals surface area (Å²) in [6, 6.07) is 9.60. The van der Waals surface area contributed by atoms with Crippen molar-refractivity contribution in [3.8, 4) is 0 Å². The third kappa shape index (κ3) is 4.67. The Balaban J connectivity index is 1.53. The number of benzene rings is 1. The molecule has 1 aliphatic carbocycles.